The Balaban J connectivity index is 1.85. The van der Waals surface area contributed by atoms with Crippen molar-refractivity contribution in [2.24, 2.45) is 0 Å². The molecule has 2 fully saturated rings. The molecule has 0 radical (unpaired) electrons. The van der Waals surface area contributed by atoms with Crippen LogP contribution in [0.25, 0.3) is 0 Å². The molecule has 18 heavy (non-hydrogen) atoms. The Kier molecular flexibility index (Phi) is 3.69. The van der Waals surface area contributed by atoms with Gasteiger partial charge >= 0.3 is 6.09 Å². The zero-order valence-electron chi connectivity index (χ0n) is 10.1. The zero-order chi connectivity index (χ0) is 13.1. The van der Waals surface area contributed by atoms with Crippen molar-refractivity contribution in [3.05, 3.63) is 0 Å². The van der Waals surface area contributed by atoms with Crippen molar-refractivity contribution in [3.8, 4) is 0 Å². The lowest BCUT2D eigenvalue weighted by atomic mass is 10.2. The van der Waals surface area contributed by atoms with Crippen LogP contribution in [-0.2, 0) is 9.59 Å². The Bertz CT molecular complexity index is 365. The third-order valence-electron chi connectivity index (χ3n) is 3.38. The molecule has 2 rings (SSSR count). The molecule has 2 heterocycles. The van der Waals surface area contributed by atoms with Crippen molar-refractivity contribution in [3.63, 3.8) is 0 Å². The Morgan fingerprint density at radius 1 is 1.28 bits per heavy atom. The van der Waals surface area contributed by atoms with Gasteiger partial charge in [0.05, 0.1) is 6.54 Å². The van der Waals surface area contributed by atoms with Gasteiger partial charge < -0.3 is 20.2 Å². The zero-order valence-corrected chi connectivity index (χ0v) is 10.1. The van der Waals surface area contributed by atoms with Crippen LogP contribution in [0.15, 0.2) is 0 Å². The van der Waals surface area contributed by atoms with E-state index in [4.69, 9.17) is 5.11 Å². The fraction of sp³-hybridized carbons (Fsp3) is 0.727. The van der Waals surface area contributed by atoms with Crippen LogP contribution in [0.1, 0.15) is 19.3 Å². The van der Waals surface area contributed by atoms with Gasteiger partial charge in [-0.3, -0.25) is 9.59 Å². The number of hydrogen-bond acceptors (Lipinski definition) is 3. The SMILES string of the molecule is O=C(O)N[C@H]1CCN(CC(=O)N2CCCC2)C1=O. The van der Waals surface area contributed by atoms with E-state index in [-0.39, 0.29) is 18.4 Å². The second-order valence-electron chi connectivity index (χ2n) is 4.64. The summed E-state index contributed by atoms with van der Waals surface area (Å²) in [6.07, 6.45) is 1.26. The summed E-state index contributed by atoms with van der Waals surface area (Å²) >= 11 is 0. The highest BCUT2D eigenvalue weighted by atomic mass is 16.4. The van der Waals surface area contributed by atoms with E-state index in [2.05, 4.69) is 5.32 Å². The second kappa shape index (κ2) is 5.24. The van der Waals surface area contributed by atoms with Crippen LogP contribution in [0.4, 0.5) is 4.79 Å². The first kappa shape index (κ1) is 12.7. The quantitative estimate of drug-likeness (QED) is 0.710. The van der Waals surface area contributed by atoms with Gasteiger partial charge in [0.25, 0.3) is 0 Å². The molecule has 7 nitrogen and oxygen atoms in total. The monoisotopic (exact) mass is 255 g/mol. The summed E-state index contributed by atoms with van der Waals surface area (Å²) in [5.41, 5.74) is 0. The average molecular weight is 255 g/mol. The van der Waals surface area contributed by atoms with Gasteiger partial charge in [-0.2, -0.15) is 0 Å². The van der Waals surface area contributed by atoms with E-state index in [9.17, 15) is 14.4 Å². The molecule has 0 aromatic heterocycles. The van der Waals surface area contributed by atoms with Gasteiger partial charge in [-0.25, -0.2) is 4.79 Å². The summed E-state index contributed by atoms with van der Waals surface area (Å²) < 4.78 is 0. The number of amides is 3. The van der Waals surface area contributed by atoms with E-state index in [0.29, 0.717) is 13.0 Å². The molecular weight excluding hydrogens is 238 g/mol. The Morgan fingerprint density at radius 2 is 1.94 bits per heavy atom. The Labute approximate surface area is 105 Å². The molecular formula is C11H17N3O4. The van der Waals surface area contributed by atoms with Crippen molar-refractivity contribution in [2.45, 2.75) is 25.3 Å². The lowest BCUT2D eigenvalue weighted by Gasteiger charge is -2.21. The molecule has 100 valence electrons. The highest BCUT2D eigenvalue weighted by Crippen LogP contribution is 2.13. The number of carbonyl (C=O) groups excluding carboxylic acids is 2. The summed E-state index contributed by atoms with van der Waals surface area (Å²) in [6.45, 7) is 2.02. The highest BCUT2D eigenvalue weighted by molar-refractivity contribution is 5.90. The topological polar surface area (TPSA) is 89.9 Å². The van der Waals surface area contributed by atoms with E-state index >= 15 is 0 Å². The largest absolute Gasteiger partial charge is 0.465 e. The van der Waals surface area contributed by atoms with Gasteiger partial charge in [0, 0.05) is 19.6 Å². The first-order valence-electron chi connectivity index (χ1n) is 6.14. The summed E-state index contributed by atoms with van der Waals surface area (Å²) in [6, 6.07) is -0.700. The van der Waals surface area contributed by atoms with Crippen LogP contribution in [0, 0.1) is 0 Å². The first-order valence-corrected chi connectivity index (χ1v) is 6.14. The van der Waals surface area contributed by atoms with Gasteiger partial charge in [0.2, 0.25) is 11.8 Å². The summed E-state index contributed by atoms with van der Waals surface area (Å²) in [7, 11) is 0. The van der Waals surface area contributed by atoms with Gasteiger partial charge in [-0.1, -0.05) is 0 Å². The molecule has 2 N–H and O–H groups in total. The lowest BCUT2D eigenvalue weighted by Crippen LogP contribution is -2.44. The number of nitrogens with zero attached hydrogens (tertiary/aromatic N) is 2. The second-order valence-corrected chi connectivity index (χ2v) is 4.64. The van der Waals surface area contributed by atoms with Crippen molar-refractivity contribution in [1.29, 1.82) is 0 Å². The first-order chi connectivity index (χ1) is 8.58. The van der Waals surface area contributed by atoms with E-state index in [1.807, 2.05) is 0 Å². The molecule has 0 unspecified atom stereocenters. The molecule has 2 aliphatic rings. The Hall–Kier alpha value is -1.79. The van der Waals surface area contributed by atoms with Crippen molar-refractivity contribution < 1.29 is 19.5 Å². The maximum atomic E-state index is 11.9. The minimum Gasteiger partial charge on any atom is -0.465 e. The number of carboxylic acid groups (broad SMARTS) is 1. The van der Waals surface area contributed by atoms with Crippen LogP contribution >= 0.6 is 0 Å². The van der Waals surface area contributed by atoms with Crippen LogP contribution in [0.3, 0.4) is 0 Å². The number of nitrogens with one attached hydrogen (secondary N) is 1. The van der Waals surface area contributed by atoms with Crippen LogP contribution < -0.4 is 5.32 Å². The number of rotatable bonds is 3. The van der Waals surface area contributed by atoms with E-state index in [1.54, 1.807) is 4.90 Å². The van der Waals surface area contributed by atoms with Crippen LogP contribution in [0.5, 0.6) is 0 Å². The van der Waals surface area contributed by atoms with Gasteiger partial charge in [-0.15, -0.1) is 0 Å². The average Bonchev–Trinajstić information content (AvgIpc) is 2.93. The fourth-order valence-electron chi connectivity index (χ4n) is 2.41. The maximum Gasteiger partial charge on any atom is 0.405 e. The van der Waals surface area contributed by atoms with E-state index in [1.165, 1.54) is 4.90 Å². The standard InChI is InChI=1S/C11H17N3O4/c15-9(13-4-1-2-5-13)7-14-6-3-8(10(14)16)12-11(17)18/h8,12H,1-7H2,(H,17,18)/t8-/m0/s1. The number of carbonyl (C=O) groups is 3. The summed E-state index contributed by atoms with van der Waals surface area (Å²) in [5.74, 6) is -0.346. The lowest BCUT2D eigenvalue weighted by molar-refractivity contribution is -0.138. The molecule has 0 aromatic rings. The third kappa shape index (κ3) is 2.72. The Morgan fingerprint density at radius 3 is 2.56 bits per heavy atom. The summed E-state index contributed by atoms with van der Waals surface area (Å²) in [5, 5.41) is 10.7. The molecule has 0 aliphatic carbocycles. The summed E-state index contributed by atoms with van der Waals surface area (Å²) in [4.78, 5) is 37.4. The van der Waals surface area contributed by atoms with E-state index < -0.39 is 12.1 Å². The highest BCUT2D eigenvalue weighted by Gasteiger charge is 2.34. The molecule has 7 heteroatoms. The third-order valence-corrected chi connectivity index (χ3v) is 3.38. The predicted molar refractivity (Wildman–Crippen MR) is 62.0 cm³/mol. The minimum atomic E-state index is -1.21. The van der Waals surface area contributed by atoms with Gasteiger partial charge in [0.15, 0.2) is 0 Å². The number of likely N-dealkylation sites (tertiary alicyclic amines) is 2. The minimum absolute atomic E-state index is 0.0446. The van der Waals surface area contributed by atoms with Crippen LogP contribution in [0.2, 0.25) is 0 Å². The molecule has 3 amide bonds. The molecule has 0 bridgehead atoms. The van der Waals surface area contributed by atoms with Crippen molar-refractivity contribution in [1.82, 2.24) is 15.1 Å². The van der Waals surface area contributed by atoms with Gasteiger partial charge in [-0.05, 0) is 19.3 Å². The normalized spacial score (nSPS) is 23.6. The smallest absolute Gasteiger partial charge is 0.405 e. The predicted octanol–water partition coefficient (Wildman–Crippen LogP) is -0.523. The molecule has 1 atom stereocenters. The molecule has 2 aliphatic heterocycles. The van der Waals surface area contributed by atoms with Gasteiger partial charge in [0.1, 0.15) is 6.04 Å². The van der Waals surface area contributed by atoms with E-state index in [0.717, 1.165) is 25.9 Å². The molecule has 0 spiro atoms. The van der Waals surface area contributed by atoms with Crippen molar-refractivity contribution >= 4 is 17.9 Å². The molecule has 0 aromatic carbocycles. The van der Waals surface area contributed by atoms with Crippen molar-refractivity contribution in [2.75, 3.05) is 26.2 Å². The molecule has 0 saturated carbocycles. The van der Waals surface area contributed by atoms with Crippen LogP contribution in [-0.4, -0.2) is 65.0 Å². The molecule has 2 saturated heterocycles. The fourth-order valence-corrected chi connectivity index (χ4v) is 2.41. The number of hydrogen-bond donors (Lipinski definition) is 2. The maximum absolute atomic E-state index is 11.9.